The van der Waals surface area contributed by atoms with Crippen LogP contribution in [0, 0.1) is 0 Å². The first kappa shape index (κ1) is 16.5. The van der Waals surface area contributed by atoms with Gasteiger partial charge in [-0.25, -0.2) is 4.79 Å². The van der Waals surface area contributed by atoms with Crippen molar-refractivity contribution in [1.82, 2.24) is 5.32 Å². The topological polar surface area (TPSA) is 68.5 Å². The minimum atomic E-state index is -0.693. The Labute approximate surface area is 147 Å². The second-order valence-corrected chi connectivity index (χ2v) is 6.59. The van der Waals surface area contributed by atoms with Gasteiger partial charge in [0.05, 0.1) is 6.04 Å². The third kappa shape index (κ3) is 3.77. The summed E-state index contributed by atoms with van der Waals surface area (Å²) in [6, 6.07) is 10.3. The normalized spacial score (nSPS) is 12.1. The molecular weight excluding hydrogens is 350 g/mol. The van der Waals surface area contributed by atoms with Crippen LogP contribution >= 0.6 is 22.9 Å². The molecule has 1 amide bonds. The average molecular weight is 364 g/mol. The van der Waals surface area contributed by atoms with Crippen LogP contribution in [0.25, 0.3) is 11.0 Å². The lowest BCUT2D eigenvalue weighted by Gasteiger charge is -2.11. The van der Waals surface area contributed by atoms with Crippen LogP contribution in [-0.4, -0.2) is 18.5 Å². The molecule has 7 heteroatoms. The SMILES string of the molecule is C[C@H](NC(=O)COC(=O)c1cc2cc(Cl)ccc2o1)c1cccs1. The van der Waals surface area contributed by atoms with Gasteiger partial charge in [-0.3, -0.25) is 4.79 Å². The Balaban J connectivity index is 1.57. The average Bonchev–Trinajstić information content (AvgIpc) is 3.21. The maximum Gasteiger partial charge on any atom is 0.374 e. The van der Waals surface area contributed by atoms with Gasteiger partial charge in [0.25, 0.3) is 5.91 Å². The number of carbonyl (C=O) groups excluding carboxylic acids is 2. The van der Waals surface area contributed by atoms with Gasteiger partial charge in [0.15, 0.2) is 6.61 Å². The van der Waals surface area contributed by atoms with Crippen molar-refractivity contribution in [3.8, 4) is 0 Å². The standard InChI is InChI=1S/C17H14ClNO4S/c1-10(15-3-2-6-24-15)19-16(20)9-22-17(21)14-8-11-7-12(18)4-5-13(11)23-14/h2-8,10H,9H2,1H3,(H,19,20)/t10-/m0/s1. The highest BCUT2D eigenvalue weighted by Crippen LogP contribution is 2.23. The molecule has 24 heavy (non-hydrogen) atoms. The van der Waals surface area contributed by atoms with E-state index in [0.717, 1.165) is 4.88 Å². The third-order valence-corrected chi connectivity index (χ3v) is 4.65. The van der Waals surface area contributed by atoms with E-state index in [1.165, 1.54) is 6.07 Å². The molecule has 124 valence electrons. The van der Waals surface area contributed by atoms with E-state index in [1.54, 1.807) is 29.5 Å². The number of carbonyl (C=O) groups is 2. The van der Waals surface area contributed by atoms with E-state index in [1.807, 2.05) is 24.4 Å². The van der Waals surface area contributed by atoms with Crippen LogP contribution in [0.1, 0.15) is 28.4 Å². The molecule has 1 N–H and O–H groups in total. The summed E-state index contributed by atoms with van der Waals surface area (Å²) in [5.41, 5.74) is 0.530. The maximum atomic E-state index is 12.0. The summed E-state index contributed by atoms with van der Waals surface area (Å²) in [6.45, 7) is 1.50. The molecule has 0 radical (unpaired) electrons. The number of hydrogen-bond acceptors (Lipinski definition) is 5. The second kappa shape index (κ2) is 7.07. The molecule has 3 aromatic rings. The fourth-order valence-corrected chi connectivity index (χ4v) is 3.12. The van der Waals surface area contributed by atoms with E-state index in [9.17, 15) is 9.59 Å². The molecule has 0 saturated heterocycles. The van der Waals surface area contributed by atoms with Crippen LogP contribution in [0.4, 0.5) is 0 Å². The van der Waals surface area contributed by atoms with Crippen molar-refractivity contribution >= 4 is 45.8 Å². The fraction of sp³-hybridized carbons (Fsp3) is 0.176. The summed E-state index contributed by atoms with van der Waals surface area (Å²) < 4.78 is 10.4. The summed E-state index contributed by atoms with van der Waals surface area (Å²) in [5, 5.41) is 5.95. The number of hydrogen-bond donors (Lipinski definition) is 1. The highest BCUT2D eigenvalue weighted by atomic mass is 35.5. The molecule has 0 aliphatic carbocycles. The Kier molecular flexibility index (Phi) is 4.87. The first-order valence-electron chi connectivity index (χ1n) is 7.22. The predicted octanol–water partition coefficient (Wildman–Crippen LogP) is 4.18. The lowest BCUT2D eigenvalue weighted by molar-refractivity contribution is -0.124. The van der Waals surface area contributed by atoms with Gasteiger partial charge in [0.1, 0.15) is 5.58 Å². The van der Waals surface area contributed by atoms with Crippen LogP contribution in [0.2, 0.25) is 5.02 Å². The molecule has 1 aromatic carbocycles. The molecule has 0 spiro atoms. The summed E-state index contributed by atoms with van der Waals surface area (Å²) >= 11 is 7.44. The van der Waals surface area contributed by atoms with Gasteiger partial charge < -0.3 is 14.5 Å². The van der Waals surface area contributed by atoms with Crippen molar-refractivity contribution < 1.29 is 18.7 Å². The Morgan fingerprint density at radius 3 is 2.92 bits per heavy atom. The molecule has 3 rings (SSSR count). The van der Waals surface area contributed by atoms with Crippen molar-refractivity contribution in [3.05, 3.63) is 57.4 Å². The van der Waals surface area contributed by atoms with E-state index < -0.39 is 5.97 Å². The van der Waals surface area contributed by atoms with Gasteiger partial charge in [0.2, 0.25) is 5.76 Å². The van der Waals surface area contributed by atoms with Crippen LogP contribution in [0.3, 0.4) is 0 Å². The summed E-state index contributed by atoms with van der Waals surface area (Å²) in [6.07, 6.45) is 0. The predicted molar refractivity (Wildman–Crippen MR) is 92.4 cm³/mol. The summed E-state index contributed by atoms with van der Waals surface area (Å²) in [5.74, 6) is -1.03. The zero-order valence-electron chi connectivity index (χ0n) is 12.7. The zero-order valence-corrected chi connectivity index (χ0v) is 14.3. The monoisotopic (exact) mass is 363 g/mol. The van der Waals surface area contributed by atoms with Crippen molar-refractivity contribution in [2.75, 3.05) is 6.61 Å². The number of thiophene rings is 1. The smallest absolute Gasteiger partial charge is 0.374 e. The summed E-state index contributed by atoms with van der Waals surface area (Å²) in [7, 11) is 0. The molecular formula is C17H14ClNO4S. The molecule has 1 atom stereocenters. The lowest BCUT2D eigenvalue weighted by atomic mass is 10.2. The van der Waals surface area contributed by atoms with Crippen molar-refractivity contribution in [1.29, 1.82) is 0 Å². The number of amides is 1. The molecule has 0 saturated carbocycles. The van der Waals surface area contributed by atoms with E-state index >= 15 is 0 Å². The number of nitrogens with one attached hydrogen (secondary N) is 1. The fourth-order valence-electron chi connectivity index (χ4n) is 2.21. The highest BCUT2D eigenvalue weighted by Gasteiger charge is 2.17. The minimum absolute atomic E-state index is 0.0337. The van der Waals surface area contributed by atoms with Gasteiger partial charge in [-0.05, 0) is 42.6 Å². The van der Waals surface area contributed by atoms with Crippen LogP contribution < -0.4 is 5.32 Å². The molecule has 0 fully saturated rings. The van der Waals surface area contributed by atoms with Crippen LogP contribution in [0.15, 0.2) is 46.2 Å². The summed E-state index contributed by atoms with van der Waals surface area (Å²) in [4.78, 5) is 24.9. The number of esters is 1. The molecule has 5 nitrogen and oxygen atoms in total. The molecule has 0 aliphatic heterocycles. The quantitative estimate of drug-likeness (QED) is 0.690. The zero-order chi connectivity index (χ0) is 17.1. The number of fused-ring (bicyclic) bond motifs is 1. The Morgan fingerprint density at radius 2 is 2.17 bits per heavy atom. The van der Waals surface area contributed by atoms with Gasteiger partial charge in [-0.15, -0.1) is 11.3 Å². The van der Waals surface area contributed by atoms with Crippen molar-refractivity contribution in [3.63, 3.8) is 0 Å². The third-order valence-electron chi connectivity index (χ3n) is 3.36. The Morgan fingerprint density at radius 1 is 1.33 bits per heavy atom. The molecule has 2 heterocycles. The lowest BCUT2D eigenvalue weighted by Crippen LogP contribution is -2.30. The largest absolute Gasteiger partial charge is 0.450 e. The Bertz CT molecular complexity index is 872. The minimum Gasteiger partial charge on any atom is -0.450 e. The number of furan rings is 1. The number of benzene rings is 1. The molecule has 0 aliphatic rings. The molecule has 0 bridgehead atoms. The maximum absolute atomic E-state index is 12.0. The van der Waals surface area contributed by atoms with Gasteiger partial charge in [-0.2, -0.15) is 0 Å². The van der Waals surface area contributed by atoms with Crippen molar-refractivity contribution in [2.24, 2.45) is 0 Å². The van der Waals surface area contributed by atoms with E-state index in [2.05, 4.69) is 5.32 Å². The van der Waals surface area contributed by atoms with Gasteiger partial charge in [0, 0.05) is 15.3 Å². The first-order chi connectivity index (χ1) is 11.5. The number of rotatable bonds is 5. The second-order valence-electron chi connectivity index (χ2n) is 5.17. The molecule has 2 aromatic heterocycles. The van der Waals surface area contributed by atoms with E-state index in [4.69, 9.17) is 20.8 Å². The number of halogens is 1. The van der Waals surface area contributed by atoms with Gasteiger partial charge >= 0.3 is 5.97 Å². The van der Waals surface area contributed by atoms with Crippen molar-refractivity contribution in [2.45, 2.75) is 13.0 Å². The highest BCUT2D eigenvalue weighted by molar-refractivity contribution is 7.10. The molecule has 0 unspecified atom stereocenters. The first-order valence-corrected chi connectivity index (χ1v) is 8.47. The van der Waals surface area contributed by atoms with E-state index in [-0.39, 0.29) is 24.3 Å². The number of ether oxygens (including phenoxy) is 1. The van der Waals surface area contributed by atoms with Crippen LogP contribution in [0.5, 0.6) is 0 Å². The van der Waals surface area contributed by atoms with Crippen LogP contribution in [-0.2, 0) is 9.53 Å². The Hall–Kier alpha value is -2.31. The van der Waals surface area contributed by atoms with E-state index in [0.29, 0.717) is 16.0 Å². The van der Waals surface area contributed by atoms with Gasteiger partial charge in [-0.1, -0.05) is 17.7 Å².